The van der Waals surface area contributed by atoms with Crippen LogP contribution in [0.15, 0.2) is 24.3 Å². The molecule has 0 bridgehead atoms. The van der Waals surface area contributed by atoms with Crippen molar-refractivity contribution in [1.82, 2.24) is 10.2 Å². The fourth-order valence-corrected chi connectivity index (χ4v) is 3.31. The van der Waals surface area contributed by atoms with Crippen LogP contribution in [0.25, 0.3) is 0 Å². The van der Waals surface area contributed by atoms with E-state index in [1.54, 1.807) is 0 Å². The molecule has 1 amide bonds. The van der Waals surface area contributed by atoms with Crippen molar-refractivity contribution in [3.63, 3.8) is 0 Å². The Labute approximate surface area is 127 Å². The van der Waals surface area contributed by atoms with Crippen molar-refractivity contribution in [2.24, 2.45) is 11.8 Å². The first kappa shape index (κ1) is 14.6. The highest BCUT2D eigenvalue weighted by Crippen LogP contribution is 2.38. The molecule has 21 heavy (non-hydrogen) atoms. The van der Waals surface area contributed by atoms with Gasteiger partial charge in [-0.3, -0.25) is 10.1 Å². The molecule has 1 N–H and O–H groups in total. The van der Waals surface area contributed by atoms with E-state index in [-0.39, 0.29) is 18.1 Å². The van der Waals surface area contributed by atoms with Crippen LogP contribution in [0.5, 0.6) is 0 Å². The Kier molecular flexibility index (Phi) is 4.03. The molecule has 2 aliphatic rings. The van der Waals surface area contributed by atoms with Crippen molar-refractivity contribution in [3.05, 3.63) is 35.4 Å². The standard InChI is InChI=1S/C18H26N2O/c1-4-14-5-7-16(8-6-14)17-19-13(3)18(21)20(17)11-12(2)15-9-10-15/h5-8,12-13,15,17,19H,4,9-11H2,1-3H3. The maximum atomic E-state index is 12.5. The maximum absolute atomic E-state index is 12.5. The first-order chi connectivity index (χ1) is 10.1. The van der Waals surface area contributed by atoms with E-state index in [1.165, 1.54) is 24.0 Å². The van der Waals surface area contributed by atoms with E-state index in [1.807, 2.05) is 6.92 Å². The van der Waals surface area contributed by atoms with Gasteiger partial charge >= 0.3 is 0 Å². The molecule has 114 valence electrons. The van der Waals surface area contributed by atoms with E-state index < -0.39 is 0 Å². The molecular weight excluding hydrogens is 260 g/mol. The maximum Gasteiger partial charge on any atom is 0.241 e. The Bertz CT molecular complexity index is 506. The van der Waals surface area contributed by atoms with Gasteiger partial charge in [0.25, 0.3) is 0 Å². The molecule has 1 saturated heterocycles. The zero-order valence-electron chi connectivity index (χ0n) is 13.3. The van der Waals surface area contributed by atoms with Crippen LogP contribution in [0.1, 0.15) is 50.9 Å². The summed E-state index contributed by atoms with van der Waals surface area (Å²) in [5.74, 6) is 1.68. The summed E-state index contributed by atoms with van der Waals surface area (Å²) >= 11 is 0. The first-order valence-electron chi connectivity index (χ1n) is 8.25. The molecule has 0 spiro atoms. The molecule has 1 aliphatic heterocycles. The van der Waals surface area contributed by atoms with Crippen molar-refractivity contribution in [1.29, 1.82) is 0 Å². The number of aryl methyl sites for hydroxylation is 1. The summed E-state index contributed by atoms with van der Waals surface area (Å²) in [6, 6.07) is 8.60. The molecular formula is C18H26N2O. The Balaban J connectivity index is 1.78. The predicted molar refractivity (Wildman–Crippen MR) is 84.8 cm³/mol. The lowest BCUT2D eigenvalue weighted by atomic mass is 10.0. The van der Waals surface area contributed by atoms with Crippen LogP contribution in [0, 0.1) is 11.8 Å². The van der Waals surface area contributed by atoms with Gasteiger partial charge in [0.2, 0.25) is 5.91 Å². The molecule has 3 rings (SSSR count). The van der Waals surface area contributed by atoms with E-state index in [9.17, 15) is 4.79 Å². The van der Waals surface area contributed by atoms with Gasteiger partial charge in [0.15, 0.2) is 0 Å². The first-order valence-corrected chi connectivity index (χ1v) is 8.25. The molecule has 3 nitrogen and oxygen atoms in total. The van der Waals surface area contributed by atoms with Crippen LogP contribution < -0.4 is 5.32 Å². The average Bonchev–Trinajstić information content (AvgIpc) is 3.31. The number of nitrogens with zero attached hydrogens (tertiary/aromatic N) is 1. The number of carbonyl (C=O) groups excluding carboxylic acids is 1. The van der Waals surface area contributed by atoms with Crippen LogP contribution in [-0.2, 0) is 11.2 Å². The van der Waals surface area contributed by atoms with Gasteiger partial charge in [0.05, 0.1) is 6.04 Å². The largest absolute Gasteiger partial charge is 0.321 e. The SMILES string of the molecule is CCc1ccc(C2NC(C)C(=O)N2CC(C)C2CC2)cc1. The summed E-state index contributed by atoms with van der Waals surface area (Å²) in [5, 5.41) is 3.45. The van der Waals surface area contributed by atoms with Crippen LogP contribution in [0.2, 0.25) is 0 Å². The second-order valence-electron chi connectivity index (χ2n) is 6.69. The van der Waals surface area contributed by atoms with Crippen molar-refractivity contribution in [3.8, 4) is 0 Å². The topological polar surface area (TPSA) is 32.3 Å². The molecule has 1 aromatic rings. The highest BCUT2D eigenvalue weighted by molar-refractivity contribution is 5.84. The summed E-state index contributed by atoms with van der Waals surface area (Å²) in [6.07, 6.45) is 3.76. The van der Waals surface area contributed by atoms with Crippen molar-refractivity contribution < 1.29 is 4.79 Å². The van der Waals surface area contributed by atoms with Crippen LogP contribution >= 0.6 is 0 Å². The fraction of sp³-hybridized carbons (Fsp3) is 0.611. The third kappa shape index (κ3) is 2.98. The third-order valence-corrected chi connectivity index (χ3v) is 4.99. The quantitative estimate of drug-likeness (QED) is 0.902. The van der Waals surface area contributed by atoms with E-state index >= 15 is 0 Å². The van der Waals surface area contributed by atoms with E-state index in [2.05, 4.69) is 48.3 Å². The summed E-state index contributed by atoms with van der Waals surface area (Å²) in [6.45, 7) is 7.29. The highest BCUT2D eigenvalue weighted by Gasteiger charge is 2.39. The lowest BCUT2D eigenvalue weighted by Crippen LogP contribution is -2.35. The summed E-state index contributed by atoms with van der Waals surface area (Å²) in [4.78, 5) is 14.5. The van der Waals surface area contributed by atoms with Crippen molar-refractivity contribution >= 4 is 5.91 Å². The number of amides is 1. The van der Waals surface area contributed by atoms with E-state index in [0.29, 0.717) is 5.92 Å². The van der Waals surface area contributed by atoms with Gasteiger partial charge < -0.3 is 4.90 Å². The summed E-state index contributed by atoms with van der Waals surface area (Å²) < 4.78 is 0. The minimum absolute atomic E-state index is 0.0413. The number of hydrogen-bond acceptors (Lipinski definition) is 2. The summed E-state index contributed by atoms with van der Waals surface area (Å²) in [7, 11) is 0. The molecule has 1 heterocycles. The van der Waals surface area contributed by atoms with E-state index in [4.69, 9.17) is 0 Å². The van der Waals surface area contributed by atoms with Crippen molar-refractivity contribution in [2.75, 3.05) is 6.54 Å². The second-order valence-corrected chi connectivity index (χ2v) is 6.69. The number of rotatable bonds is 5. The molecule has 3 heteroatoms. The monoisotopic (exact) mass is 286 g/mol. The zero-order valence-corrected chi connectivity index (χ0v) is 13.3. The Morgan fingerprint density at radius 3 is 2.52 bits per heavy atom. The molecule has 3 atom stereocenters. The van der Waals surface area contributed by atoms with Crippen LogP contribution in [0.4, 0.5) is 0 Å². The second kappa shape index (κ2) is 5.80. The zero-order chi connectivity index (χ0) is 15.0. The number of nitrogens with one attached hydrogen (secondary N) is 1. The molecule has 0 radical (unpaired) electrons. The fourth-order valence-electron chi connectivity index (χ4n) is 3.31. The Morgan fingerprint density at radius 2 is 1.95 bits per heavy atom. The van der Waals surface area contributed by atoms with Gasteiger partial charge in [0, 0.05) is 6.54 Å². The number of hydrogen-bond donors (Lipinski definition) is 1. The molecule has 3 unspecified atom stereocenters. The average molecular weight is 286 g/mol. The minimum Gasteiger partial charge on any atom is -0.321 e. The molecule has 0 aromatic heterocycles. The molecule has 1 aromatic carbocycles. The molecule has 2 fully saturated rings. The predicted octanol–water partition coefficient (Wildman–Crippen LogP) is 3.11. The van der Waals surface area contributed by atoms with E-state index in [0.717, 1.165) is 18.9 Å². The van der Waals surface area contributed by atoms with Gasteiger partial charge in [-0.1, -0.05) is 38.1 Å². The van der Waals surface area contributed by atoms with Crippen LogP contribution in [0.3, 0.4) is 0 Å². The van der Waals surface area contributed by atoms with Gasteiger partial charge in [-0.2, -0.15) is 0 Å². The Hall–Kier alpha value is -1.35. The summed E-state index contributed by atoms with van der Waals surface area (Å²) in [5.41, 5.74) is 2.54. The van der Waals surface area contributed by atoms with Gasteiger partial charge in [-0.25, -0.2) is 0 Å². The lowest BCUT2D eigenvalue weighted by Gasteiger charge is -2.27. The number of carbonyl (C=O) groups is 1. The number of benzene rings is 1. The van der Waals surface area contributed by atoms with Gasteiger partial charge in [-0.15, -0.1) is 0 Å². The molecule has 1 aliphatic carbocycles. The van der Waals surface area contributed by atoms with Crippen LogP contribution in [-0.4, -0.2) is 23.4 Å². The highest BCUT2D eigenvalue weighted by atomic mass is 16.2. The normalized spacial score (nSPS) is 27.2. The minimum atomic E-state index is -0.0766. The van der Waals surface area contributed by atoms with Gasteiger partial charge in [-0.05, 0) is 49.1 Å². The smallest absolute Gasteiger partial charge is 0.241 e. The molecule has 1 saturated carbocycles. The Morgan fingerprint density at radius 1 is 1.29 bits per heavy atom. The third-order valence-electron chi connectivity index (χ3n) is 4.99. The van der Waals surface area contributed by atoms with Crippen molar-refractivity contribution in [2.45, 2.75) is 52.2 Å². The lowest BCUT2D eigenvalue weighted by molar-refractivity contribution is -0.130. The van der Waals surface area contributed by atoms with Gasteiger partial charge in [0.1, 0.15) is 6.17 Å².